The van der Waals surface area contributed by atoms with E-state index in [9.17, 15) is 15.0 Å². The number of rotatable bonds is 3. The Balaban J connectivity index is 1.42. The van der Waals surface area contributed by atoms with E-state index in [4.69, 9.17) is 16.0 Å². The number of hydrogen-bond donors (Lipinski definition) is 3. The molecule has 0 saturated heterocycles. The fourth-order valence-electron chi connectivity index (χ4n) is 3.37. The lowest BCUT2D eigenvalue weighted by Crippen LogP contribution is -2.03. The number of anilines is 1. The highest BCUT2D eigenvalue weighted by Gasteiger charge is 2.24. The molecular weight excluding hydrogens is 418 g/mol. The van der Waals surface area contributed by atoms with Crippen LogP contribution in [0.25, 0.3) is 34.6 Å². The fraction of sp³-hybridized carbons (Fsp3) is 0. The molecule has 0 atom stereocenters. The molecule has 7 nitrogen and oxygen atoms in total. The molecule has 8 heteroatoms. The molecule has 0 fully saturated rings. The van der Waals surface area contributed by atoms with Crippen molar-refractivity contribution in [2.75, 3.05) is 5.32 Å². The van der Waals surface area contributed by atoms with E-state index in [0.717, 1.165) is 11.1 Å². The standard InChI is InChI=1S/C23H14ClN3O4/c24-15-5-6-18-19(21(30)25-20(18)10-15)7-12-1-3-13(4-2-12)22-26-27-23(31-22)14-8-16(28)11-17(29)9-14/h1-11,28-29H,(H,25,30)/b19-7+. The predicted molar refractivity (Wildman–Crippen MR) is 116 cm³/mol. The second-order valence-electron chi connectivity index (χ2n) is 6.97. The van der Waals surface area contributed by atoms with Crippen LogP contribution in [-0.2, 0) is 4.79 Å². The number of benzene rings is 3. The molecule has 1 aromatic heterocycles. The zero-order valence-corrected chi connectivity index (χ0v) is 16.6. The maximum absolute atomic E-state index is 12.3. The van der Waals surface area contributed by atoms with E-state index in [1.165, 1.54) is 18.2 Å². The molecule has 0 aliphatic carbocycles. The summed E-state index contributed by atoms with van der Waals surface area (Å²) in [7, 11) is 0. The van der Waals surface area contributed by atoms with E-state index in [1.54, 1.807) is 30.3 Å². The van der Waals surface area contributed by atoms with Crippen molar-refractivity contribution in [1.82, 2.24) is 10.2 Å². The summed E-state index contributed by atoms with van der Waals surface area (Å²) >= 11 is 6.00. The first kappa shape index (κ1) is 18.9. The van der Waals surface area contributed by atoms with Gasteiger partial charge in [0.05, 0.1) is 5.69 Å². The van der Waals surface area contributed by atoms with E-state index >= 15 is 0 Å². The lowest BCUT2D eigenvalue weighted by atomic mass is 10.0. The molecule has 0 unspecified atom stereocenters. The number of halogens is 1. The van der Waals surface area contributed by atoms with Gasteiger partial charge in [-0.25, -0.2) is 0 Å². The van der Waals surface area contributed by atoms with Gasteiger partial charge >= 0.3 is 0 Å². The Morgan fingerprint density at radius 1 is 0.871 bits per heavy atom. The van der Waals surface area contributed by atoms with Gasteiger partial charge in [-0.2, -0.15) is 0 Å². The van der Waals surface area contributed by atoms with Gasteiger partial charge in [-0.1, -0.05) is 29.8 Å². The fourth-order valence-corrected chi connectivity index (χ4v) is 3.55. The average Bonchev–Trinajstić information content (AvgIpc) is 3.33. The highest BCUT2D eigenvalue weighted by atomic mass is 35.5. The van der Waals surface area contributed by atoms with Crippen LogP contribution in [0.1, 0.15) is 11.1 Å². The van der Waals surface area contributed by atoms with E-state index in [-0.39, 0.29) is 29.2 Å². The Bertz CT molecular complexity index is 1340. The minimum absolute atomic E-state index is 0.105. The minimum Gasteiger partial charge on any atom is -0.508 e. The van der Waals surface area contributed by atoms with Crippen molar-refractivity contribution >= 4 is 34.8 Å². The summed E-state index contributed by atoms with van der Waals surface area (Å²) in [5, 5.41) is 30.6. The van der Waals surface area contributed by atoms with Crippen LogP contribution in [0.5, 0.6) is 11.5 Å². The Kier molecular flexibility index (Phi) is 4.45. The molecule has 1 amide bonds. The van der Waals surface area contributed by atoms with Crippen LogP contribution in [0.4, 0.5) is 5.69 Å². The lowest BCUT2D eigenvalue weighted by molar-refractivity contribution is -0.110. The molecule has 1 aliphatic rings. The first-order valence-corrected chi connectivity index (χ1v) is 9.64. The first-order chi connectivity index (χ1) is 15.0. The molecule has 31 heavy (non-hydrogen) atoms. The van der Waals surface area contributed by atoms with E-state index in [1.807, 2.05) is 18.2 Å². The van der Waals surface area contributed by atoms with Crippen molar-refractivity contribution < 1.29 is 19.4 Å². The molecule has 1 aliphatic heterocycles. The summed E-state index contributed by atoms with van der Waals surface area (Å²) in [5.74, 6) is 0.0667. The molecular formula is C23H14ClN3O4. The Labute approximate surface area is 181 Å². The lowest BCUT2D eigenvalue weighted by Gasteiger charge is -2.01. The van der Waals surface area contributed by atoms with Crippen molar-refractivity contribution in [3.63, 3.8) is 0 Å². The molecule has 3 aromatic carbocycles. The maximum atomic E-state index is 12.3. The Morgan fingerprint density at radius 2 is 1.55 bits per heavy atom. The zero-order chi connectivity index (χ0) is 21.5. The number of aromatic hydroxyl groups is 2. The van der Waals surface area contributed by atoms with E-state index in [0.29, 0.717) is 27.4 Å². The van der Waals surface area contributed by atoms with E-state index in [2.05, 4.69) is 15.5 Å². The van der Waals surface area contributed by atoms with Crippen LogP contribution in [0, 0.1) is 0 Å². The third kappa shape index (κ3) is 3.62. The summed E-state index contributed by atoms with van der Waals surface area (Å²) in [5.41, 5.74) is 3.97. The minimum atomic E-state index is -0.183. The number of amides is 1. The quantitative estimate of drug-likeness (QED) is 0.395. The van der Waals surface area contributed by atoms with Crippen molar-refractivity contribution in [2.24, 2.45) is 0 Å². The number of hydrogen-bond acceptors (Lipinski definition) is 6. The van der Waals surface area contributed by atoms with Crippen LogP contribution in [0.15, 0.2) is 65.1 Å². The smallest absolute Gasteiger partial charge is 0.256 e. The van der Waals surface area contributed by atoms with Gasteiger partial charge in [0.25, 0.3) is 5.91 Å². The molecule has 0 radical (unpaired) electrons. The summed E-state index contributed by atoms with van der Waals surface area (Å²) in [6.45, 7) is 0. The van der Waals surface area contributed by atoms with Gasteiger partial charge in [0, 0.05) is 33.4 Å². The largest absolute Gasteiger partial charge is 0.508 e. The first-order valence-electron chi connectivity index (χ1n) is 9.26. The number of carbonyl (C=O) groups excluding carboxylic acids is 1. The van der Waals surface area contributed by atoms with E-state index < -0.39 is 0 Å². The highest BCUT2D eigenvalue weighted by Crippen LogP contribution is 2.35. The van der Waals surface area contributed by atoms with Crippen LogP contribution >= 0.6 is 11.6 Å². The third-order valence-electron chi connectivity index (χ3n) is 4.81. The molecule has 2 heterocycles. The van der Waals surface area contributed by atoms with Gasteiger partial charge in [0.2, 0.25) is 11.8 Å². The number of phenols is 2. The Hall–Kier alpha value is -4.10. The molecule has 0 saturated carbocycles. The SMILES string of the molecule is O=C1Nc2cc(Cl)ccc2/C1=C\c1ccc(-c2nnc(-c3cc(O)cc(O)c3)o2)cc1. The number of nitrogens with one attached hydrogen (secondary N) is 1. The second-order valence-corrected chi connectivity index (χ2v) is 7.41. The number of fused-ring (bicyclic) bond motifs is 1. The van der Waals surface area contributed by atoms with Crippen molar-refractivity contribution in [3.8, 4) is 34.4 Å². The molecule has 4 aromatic rings. The molecule has 3 N–H and O–H groups in total. The summed E-state index contributed by atoms with van der Waals surface area (Å²) < 4.78 is 5.68. The monoisotopic (exact) mass is 431 g/mol. The van der Waals surface area contributed by atoms with Gasteiger partial charge in [-0.05, 0) is 48.0 Å². The number of nitrogens with zero attached hydrogens (tertiary/aromatic N) is 2. The maximum Gasteiger partial charge on any atom is 0.256 e. The van der Waals surface area contributed by atoms with Gasteiger partial charge < -0.3 is 19.9 Å². The Morgan fingerprint density at radius 3 is 2.26 bits per heavy atom. The van der Waals surface area contributed by atoms with Crippen molar-refractivity contribution in [2.45, 2.75) is 0 Å². The van der Waals surface area contributed by atoms with Crippen LogP contribution in [0.3, 0.4) is 0 Å². The third-order valence-corrected chi connectivity index (χ3v) is 5.04. The van der Waals surface area contributed by atoms with Gasteiger partial charge in [-0.15, -0.1) is 10.2 Å². The van der Waals surface area contributed by atoms with Gasteiger partial charge in [0.15, 0.2) is 0 Å². The van der Waals surface area contributed by atoms with Crippen molar-refractivity contribution in [3.05, 3.63) is 76.8 Å². The molecule has 5 rings (SSSR count). The second kappa shape index (κ2) is 7.30. The summed E-state index contributed by atoms with van der Waals surface area (Å²) in [6, 6.07) is 16.6. The number of aromatic nitrogens is 2. The molecule has 0 spiro atoms. The highest BCUT2D eigenvalue weighted by molar-refractivity contribution is 6.36. The molecule has 0 bridgehead atoms. The van der Waals surface area contributed by atoms with Gasteiger partial charge in [-0.3, -0.25) is 4.79 Å². The van der Waals surface area contributed by atoms with Crippen molar-refractivity contribution in [1.29, 1.82) is 0 Å². The van der Waals surface area contributed by atoms with Crippen LogP contribution in [0.2, 0.25) is 5.02 Å². The average molecular weight is 432 g/mol. The van der Waals surface area contributed by atoms with Crippen LogP contribution < -0.4 is 5.32 Å². The topological polar surface area (TPSA) is 108 Å². The predicted octanol–water partition coefficient (Wildman–Crippen LogP) is 4.96. The van der Waals surface area contributed by atoms with Crippen LogP contribution in [-0.4, -0.2) is 26.3 Å². The number of phenolic OH excluding ortho intramolecular Hbond substituents is 2. The summed E-state index contributed by atoms with van der Waals surface area (Å²) in [4.78, 5) is 12.3. The van der Waals surface area contributed by atoms with Gasteiger partial charge in [0.1, 0.15) is 11.5 Å². The number of carbonyl (C=O) groups is 1. The normalized spacial score (nSPS) is 14.0. The summed E-state index contributed by atoms with van der Waals surface area (Å²) in [6.07, 6.45) is 1.80. The molecule has 152 valence electrons. The zero-order valence-electron chi connectivity index (χ0n) is 15.8.